The molecule has 0 amide bonds. The lowest BCUT2D eigenvalue weighted by Gasteiger charge is -2.13. The average molecular weight is 322 g/mol. The Labute approximate surface area is 141 Å². The van der Waals surface area contributed by atoms with Gasteiger partial charge in [0.05, 0.1) is 0 Å². The predicted octanol–water partition coefficient (Wildman–Crippen LogP) is 3.65. The molecule has 0 unspecified atom stereocenters. The monoisotopic (exact) mass is 322 g/mol. The number of nitrogens with zero attached hydrogens (tertiary/aromatic N) is 5. The van der Waals surface area contributed by atoms with E-state index in [4.69, 9.17) is 0 Å². The molecule has 0 aliphatic heterocycles. The van der Waals surface area contributed by atoms with Crippen LogP contribution in [0, 0.1) is 11.8 Å². The Balaban J connectivity index is 1.68. The summed E-state index contributed by atoms with van der Waals surface area (Å²) in [4.78, 5) is 22.6. The van der Waals surface area contributed by atoms with Crippen molar-refractivity contribution >= 4 is 17.6 Å². The number of hydrogen-bond acceptors (Lipinski definition) is 6. The van der Waals surface area contributed by atoms with E-state index in [-0.39, 0.29) is 0 Å². The molecule has 124 valence electrons. The van der Waals surface area contributed by atoms with Crippen LogP contribution in [0.1, 0.15) is 39.5 Å². The highest BCUT2D eigenvalue weighted by atomic mass is 15.2. The molecule has 1 atom stereocenters. The number of aromatic nitrogens is 4. The van der Waals surface area contributed by atoms with Crippen LogP contribution >= 0.6 is 0 Å². The summed E-state index contributed by atoms with van der Waals surface area (Å²) < 4.78 is 0. The topological polar surface area (TPSA) is 76.0 Å². The van der Waals surface area contributed by atoms with Gasteiger partial charge in [-0.1, -0.05) is 6.07 Å². The first-order valence-corrected chi connectivity index (χ1v) is 8.68. The first-order chi connectivity index (χ1) is 11.7. The molecule has 2 heterocycles. The van der Waals surface area contributed by atoms with Crippen molar-refractivity contribution in [3.8, 4) is 11.5 Å². The van der Waals surface area contributed by atoms with Gasteiger partial charge in [0.1, 0.15) is 5.69 Å². The molecule has 2 aromatic rings. The Hall–Kier alpha value is -2.37. The standard InChI is InChI=1S/C18H22N6/c1-11(13-6-7-13)20-17-22-16(15-5-3-4-10-19-15)23-18(24-17)21-12(2)14-8-9-14/h3-5,10-11,13-14H,6-9H2,1-2H3,(H,20,22,23,24)/t11-/m1/s1. The number of aliphatic imine (C=N–C) groups is 1. The van der Waals surface area contributed by atoms with E-state index < -0.39 is 0 Å². The Morgan fingerprint density at radius 1 is 1.17 bits per heavy atom. The summed E-state index contributed by atoms with van der Waals surface area (Å²) in [6, 6.07) is 6.09. The molecule has 24 heavy (non-hydrogen) atoms. The van der Waals surface area contributed by atoms with E-state index in [2.05, 4.69) is 44.1 Å². The second kappa shape index (κ2) is 6.26. The fourth-order valence-electron chi connectivity index (χ4n) is 2.76. The molecule has 6 nitrogen and oxygen atoms in total. The Morgan fingerprint density at radius 3 is 2.67 bits per heavy atom. The molecule has 6 heteroatoms. The SMILES string of the molecule is CC(=Nc1nc(N[C@H](C)C2CC2)nc(-c2ccccn2)n1)C1CC1. The lowest BCUT2D eigenvalue weighted by molar-refractivity contribution is 0.685. The summed E-state index contributed by atoms with van der Waals surface area (Å²) in [7, 11) is 0. The fraction of sp³-hybridized carbons (Fsp3) is 0.500. The maximum absolute atomic E-state index is 4.62. The summed E-state index contributed by atoms with van der Waals surface area (Å²) in [5, 5.41) is 3.41. The van der Waals surface area contributed by atoms with Crippen LogP contribution in [-0.4, -0.2) is 31.7 Å². The molecule has 2 aliphatic carbocycles. The van der Waals surface area contributed by atoms with Crippen LogP contribution in [0.4, 0.5) is 11.9 Å². The second-order valence-electron chi connectivity index (χ2n) is 6.80. The lowest BCUT2D eigenvalue weighted by atomic mass is 10.2. The minimum Gasteiger partial charge on any atom is -0.351 e. The molecule has 4 rings (SSSR count). The number of pyridine rings is 1. The minimum absolute atomic E-state index is 0.366. The highest BCUT2D eigenvalue weighted by Crippen LogP contribution is 2.34. The number of anilines is 1. The van der Waals surface area contributed by atoms with Crippen LogP contribution in [0.25, 0.3) is 11.5 Å². The van der Waals surface area contributed by atoms with E-state index in [1.165, 1.54) is 25.7 Å². The van der Waals surface area contributed by atoms with Crippen molar-refractivity contribution in [1.82, 2.24) is 19.9 Å². The Kier molecular flexibility index (Phi) is 3.96. The summed E-state index contributed by atoms with van der Waals surface area (Å²) in [5.41, 5.74) is 1.84. The van der Waals surface area contributed by atoms with Gasteiger partial charge in [0.2, 0.25) is 5.95 Å². The highest BCUT2D eigenvalue weighted by molar-refractivity contribution is 5.88. The highest BCUT2D eigenvalue weighted by Gasteiger charge is 2.29. The van der Waals surface area contributed by atoms with Crippen molar-refractivity contribution in [3.63, 3.8) is 0 Å². The largest absolute Gasteiger partial charge is 0.351 e. The normalized spacial score (nSPS) is 19.2. The van der Waals surface area contributed by atoms with Crippen molar-refractivity contribution in [2.75, 3.05) is 5.32 Å². The van der Waals surface area contributed by atoms with Crippen molar-refractivity contribution in [2.24, 2.45) is 16.8 Å². The van der Waals surface area contributed by atoms with Gasteiger partial charge in [-0.25, -0.2) is 4.99 Å². The predicted molar refractivity (Wildman–Crippen MR) is 94.4 cm³/mol. The molecule has 1 N–H and O–H groups in total. The van der Waals surface area contributed by atoms with Crippen molar-refractivity contribution in [3.05, 3.63) is 24.4 Å². The zero-order valence-corrected chi connectivity index (χ0v) is 14.1. The van der Waals surface area contributed by atoms with Gasteiger partial charge in [-0.15, -0.1) is 0 Å². The summed E-state index contributed by atoms with van der Waals surface area (Å²) >= 11 is 0. The Bertz CT molecular complexity index is 749. The molecule has 0 saturated heterocycles. The summed E-state index contributed by atoms with van der Waals surface area (Å²) in [5.74, 6) is 2.95. The van der Waals surface area contributed by atoms with E-state index in [1.54, 1.807) is 6.20 Å². The van der Waals surface area contributed by atoms with Crippen LogP contribution in [0.15, 0.2) is 29.4 Å². The molecule has 2 saturated carbocycles. The maximum atomic E-state index is 4.62. The van der Waals surface area contributed by atoms with Gasteiger partial charge in [-0.2, -0.15) is 15.0 Å². The van der Waals surface area contributed by atoms with Crippen LogP contribution in [0.2, 0.25) is 0 Å². The smallest absolute Gasteiger partial charge is 0.254 e. The van der Waals surface area contributed by atoms with Crippen LogP contribution in [-0.2, 0) is 0 Å². The zero-order chi connectivity index (χ0) is 16.5. The molecule has 2 aliphatic rings. The van der Waals surface area contributed by atoms with Gasteiger partial charge in [-0.05, 0) is 63.5 Å². The van der Waals surface area contributed by atoms with Gasteiger partial charge < -0.3 is 5.32 Å². The fourth-order valence-corrected chi connectivity index (χ4v) is 2.76. The number of rotatable bonds is 6. The van der Waals surface area contributed by atoms with Gasteiger partial charge in [0.15, 0.2) is 5.82 Å². The summed E-state index contributed by atoms with van der Waals surface area (Å²) in [6.45, 7) is 4.24. The second-order valence-corrected chi connectivity index (χ2v) is 6.80. The number of nitrogens with one attached hydrogen (secondary N) is 1. The molecule has 2 aromatic heterocycles. The van der Waals surface area contributed by atoms with E-state index >= 15 is 0 Å². The van der Waals surface area contributed by atoms with Gasteiger partial charge >= 0.3 is 0 Å². The minimum atomic E-state index is 0.366. The van der Waals surface area contributed by atoms with Crippen molar-refractivity contribution < 1.29 is 0 Å². The quantitative estimate of drug-likeness (QED) is 0.822. The molecule has 0 radical (unpaired) electrons. The molecular formula is C18H22N6. The molecule has 2 fully saturated rings. The molecular weight excluding hydrogens is 300 g/mol. The average Bonchev–Trinajstić information content (AvgIpc) is 3.48. The van der Waals surface area contributed by atoms with E-state index in [0.29, 0.717) is 29.7 Å². The van der Waals surface area contributed by atoms with E-state index in [9.17, 15) is 0 Å². The first-order valence-electron chi connectivity index (χ1n) is 8.68. The van der Waals surface area contributed by atoms with Crippen molar-refractivity contribution in [2.45, 2.75) is 45.6 Å². The van der Waals surface area contributed by atoms with Gasteiger partial charge in [0, 0.05) is 18.0 Å². The van der Waals surface area contributed by atoms with Crippen LogP contribution < -0.4 is 5.32 Å². The van der Waals surface area contributed by atoms with Crippen LogP contribution in [0.3, 0.4) is 0 Å². The van der Waals surface area contributed by atoms with Gasteiger partial charge in [0.25, 0.3) is 5.95 Å². The molecule has 0 aromatic carbocycles. The molecule has 0 bridgehead atoms. The van der Waals surface area contributed by atoms with E-state index in [1.807, 2.05) is 18.2 Å². The third kappa shape index (κ3) is 3.58. The lowest BCUT2D eigenvalue weighted by Crippen LogP contribution is -2.19. The zero-order valence-electron chi connectivity index (χ0n) is 14.1. The van der Waals surface area contributed by atoms with Crippen LogP contribution in [0.5, 0.6) is 0 Å². The number of hydrogen-bond donors (Lipinski definition) is 1. The maximum Gasteiger partial charge on any atom is 0.254 e. The van der Waals surface area contributed by atoms with Crippen molar-refractivity contribution in [1.29, 1.82) is 0 Å². The Morgan fingerprint density at radius 2 is 2.00 bits per heavy atom. The third-order valence-corrected chi connectivity index (χ3v) is 4.65. The van der Waals surface area contributed by atoms with Gasteiger partial charge in [-0.3, -0.25) is 4.98 Å². The third-order valence-electron chi connectivity index (χ3n) is 4.65. The van der Waals surface area contributed by atoms with E-state index in [0.717, 1.165) is 17.3 Å². The first kappa shape index (κ1) is 15.2. The molecule has 0 spiro atoms. The summed E-state index contributed by atoms with van der Waals surface area (Å²) in [6.07, 6.45) is 6.74.